The molecule has 5 rings (SSSR count). The van der Waals surface area contributed by atoms with Gasteiger partial charge in [0.1, 0.15) is 0 Å². The molecule has 3 aromatic carbocycles. The van der Waals surface area contributed by atoms with E-state index in [-0.39, 0.29) is 23.2 Å². The molecule has 0 spiro atoms. The van der Waals surface area contributed by atoms with Crippen molar-refractivity contribution in [1.29, 1.82) is 0 Å². The molecule has 0 fully saturated rings. The minimum Gasteiger partial charge on any atom is -0.502 e. The monoisotopic (exact) mass is 459 g/mol. The first-order chi connectivity index (χ1) is 16.1. The maximum absolute atomic E-state index is 13.5. The lowest BCUT2D eigenvalue weighted by atomic mass is 9.67. The topological polar surface area (TPSA) is 136 Å². The normalized spacial score (nSPS) is 18.8. The van der Waals surface area contributed by atoms with Crippen LogP contribution in [0.2, 0.25) is 0 Å². The van der Waals surface area contributed by atoms with Crippen molar-refractivity contribution in [1.82, 2.24) is 0 Å². The molecule has 1 aliphatic carbocycles. The minimum atomic E-state index is -0.967. The van der Waals surface area contributed by atoms with Crippen LogP contribution in [0.1, 0.15) is 43.9 Å². The minimum absolute atomic E-state index is 0.0692. The highest BCUT2D eigenvalue weighted by molar-refractivity contribution is 6.13. The molecular formula is C25H21N3O6. The van der Waals surface area contributed by atoms with Crippen molar-refractivity contribution >= 4 is 39.2 Å². The van der Waals surface area contributed by atoms with Crippen LogP contribution in [-0.4, -0.2) is 20.7 Å². The number of anilines is 1. The zero-order chi connectivity index (χ0) is 24.4. The second kappa shape index (κ2) is 7.38. The third-order valence-corrected chi connectivity index (χ3v) is 6.56. The third kappa shape index (κ3) is 3.28. The summed E-state index contributed by atoms with van der Waals surface area (Å²) in [6.45, 7) is 4.01. The lowest BCUT2D eigenvalue weighted by Crippen LogP contribution is -2.33. The molecular weight excluding hydrogens is 438 g/mol. The summed E-state index contributed by atoms with van der Waals surface area (Å²) in [6.07, 6.45) is 0.826. The first-order valence-corrected chi connectivity index (χ1v) is 10.8. The Hall–Kier alpha value is -4.27. The highest BCUT2D eigenvalue weighted by atomic mass is 16.6. The van der Waals surface area contributed by atoms with E-state index in [1.54, 1.807) is 0 Å². The van der Waals surface area contributed by atoms with Gasteiger partial charge in [-0.3, -0.25) is 25.0 Å². The average Bonchev–Trinajstić information content (AvgIpc) is 2.77. The Morgan fingerprint density at radius 3 is 2.47 bits per heavy atom. The fourth-order valence-corrected chi connectivity index (χ4v) is 5.16. The van der Waals surface area contributed by atoms with Crippen molar-refractivity contribution in [2.45, 2.75) is 32.7 Å². The van der Waals surface area contributed by atoms with Crippen LogP contribution in [0.15, 0.2) is 54.1 Å². The van der Waals surface area contributed by atoms with E-state index in [0.29, 0.717) is 17.7 Å². The van der Waals surface area contributed by atoms with Crippen LogP contribution < -0.4 is 5.32 Å². The predicted octanol–water partition coefficient (Wildman–Crippen LogP) is 5.67. The number of phenols is 1. The van der Waals surface area contributed by atoms with E-state index >= 15 is 0 Å². The number of nitro benzene ring substituents is 2. The lowest BCUT2D eigenvalue weighted by Gasteiger charge is -2.40. The van der Waals surface area contributed by atoms with Crippen LogP contribution in [0.4, 0.5) is 17.1 Å². The van der Waals surface area contributed by atoms with E-state index in [1.807, 2.05) is 50.2 Å². The quantitative estimate of drug-likeness (QED) is 0.380. The number of carbonyl (C=O) groups excluding carboxylic acids is 1. The average molecular weight is 459 g/mol. The molecule has 9 heteroatoms. The maximum atomic E-state index is 13.5. The molecule has 0 aromatic heterocycles. The summed E-state index contributed by atoms with van der Waals surface area (Å²) in [5.41, 5.74) is 1.06. The summed E-state index contributed by atoms with van der Waals surface area (Å²) >= 11 is 0. The number of hydrogen-bond donors (Lipinski definition) is 2. The fourth-order valence-electron chi connectivity index (χ4n) is 5.16. The van der Waals surface area contributed by atoms with Gasteiger partial charge in [0.2, 0.25) is 5.75 Å². The van der Waals surface area contributed by atoms with Gasteiger partial charge in [-0.15, -0.1) is 0 Å². The van der Waals surface area contributed by atoms with E-state index in [2.05, 4.69) is 5.32 Å². The number of phenolic OH excluding ortho intramolecular Hbond substituents is 1. The highest BCUT2D eigenvalue weighted by Gasteiger charge is 2.42. The Morgan fingerprint density at radius 1 is 1.03 bits per heavy atom. The number of ketones is 1. The molecule has 34 heavy (non-hydrogen) atoms. The molecule has 0 unspecified atom stereocenters. The third-order valence-electron chi connectivity index (χ3n) is 6.56. The van der Waals surface area contributed by atoms with Gasteiger partial charge in [0.15, 0.2) is 5.78 Å². The van der Waals surface area contributed by atoms with E-state index < -0.39 is 33.0 Å². The number of hydrogen-bond acceptors (Lipinski definition) is 7. The molecule has 0 amide bonds. The van der Waals surface area contributed by atoms with E-state index in [9.17, 15) is 30.1 Å². The van der Waals surface area contributed by atoms with Crippen molar-refractivity contribution in [3.05, 3.63) is 85.5 Å². The van der Waals surface area contributed by atoms with Crippen molar-refractivity contribution < 1.29 is 19.7 Å². The van der Waals surface area contributed by atoms with Crippen LogP contribution in [0.25, 0.3) is 16.3 Å². The van der Waals surface area contributed by atoms with Gasteiger partial charge < -0.3 is 10.4 Å². The van der Waals surface area contributed by atoms with Crippen LogP contribution in [-0.2, 0) is 4.79 Å². The Balaban J connectivity index is 1.83. The molecule has 2 aliphatic rings. The smallest absolute Gasteiger partial charge is 0.317 e. The second-order valence-electron chi connectivity index (χ2n) is 9.54. The number of allylic oxidation sites excluding steroid dienone is 1. The number of fused-ring (bicyclic) bond motifs is 4. The number of benzene rings is 3. The molecule has 1 atom stereocenters. The number of aromatic hydroxyl groups is 1. The zero-order valence-electron chi connectivity index (χ0n) is 18.5. The van der Waals surface area contributed by atoms with Crippen molar-refractivity contribution in [2.24, 2.45) is 5.41 Å². The Kier molecular flexibility index (Phi) is 4.68. The van der Waals surface area contributed by atoms with Crippen molar-refractivity contribution in [3.8, 4) is 5.75 Å². The number of nitrogens with zero attached hydrogens (tertiary/aromatic N) is 2. The Bertz CT molecular complexity index is 1460. The molecule has 9 nitrogen and oxygen atoms in total. The van der Waals surface area contributed by atoms with Gasteiger partial charge in [-0.1, -0.05) is 44.2 Å². The standard InChI is InChI=1S/C25H21N3O6/c1-25(2)11-17-21-15-6-4-3-5-13(15)7-8-18(21)26-23(22(17)20(29)12-25)16-9-14(27(31)32)10-19(24(16)30)28(33)34/h3-10,23,26,30H,11-12H2,1-2H3/t23-/m0/s1. The molecule has 0 saturated carbocycles. The lowest BCUT2D eigenvalue weighted by molar-refractivity contribution is -0.394. The largest absolute Gasteiger partial charge is 0.502 e. The van der Waals surface area contributed by atoms with Gasteiger partial charge >= 0.3 is 5.69 Å². The Labute approximate surface area is 194 Å². The molecule has 1 heterocycles. The summed E-state index contributed by atoms with van der Waals surface area (Å²) in [7, 11) is 0. The Morgan fingerprint density at radius 2 is 1.76 bits per heavy atom. The van der Waals surface area contributed by atoms with Crippen molar-refractivity contribution in [2.75, 3.05) is 5.32 Å². The predicted molar refractivity (Wildman–Crippen MR) is 127 cm³/mol. The van der Waals surface area contributed by atoms with Crippen LogP contribution >= 0.6 is 0 Å². The number of rotatable bonds is 3. The van der Waals surface area contributed by atoms with Crippen LogP contribution in [0, 0.1) is 25.6 Å². The molecule has 0 bridgehead atoms. The molecule has 0 saturated heterocycles. The number of Topliss-reactive ketones (excluding diaryl/α,β-unsaturated/α-hetero) is 1. The van der Waals surface area contributed by atoms with Gasteiger partial charge in [-0.25, -0.2) is 0 Å². The van der Waals surface area contributed by atoms with E-state index in [0.717, 1.165) is 34.0 Å². The molecule has 172 valence electrons. The van der Waals surface area contributed by atoms with Gasteiger partial charge in [-0.2, -0.15) is 0 Å². The first kappa shape index (κ1) is 21.6. The van der Waals surface area contributed by atoms with E-state index in [4.69, 9.17) is 0 Å². The zero-order valence-corrected chi connectivity index (χ0v) is 18.5. The van der Waals surface area contributed by atoms with Gasteiger partial charge in [-0.05, 0) is 34.2 Å². The summed E-state index contributed by atoms with van der Waals surface area (Å²) in [6, 6.07) is 12.5. The van der Waals surface area contributed by atoms with E-state index in [1.165, 1.54) is 0 Å². The number of carbonyl (C=O) groups is 1. The number of nitro groups is 2. The van der Waals surface area contributed by atoms with Gasteiger partial charge in [0, 0.05) is 34.9 Å². The molecule has 1 aliphatic heterocycles. The van der Waals surface area contributed by atoms with Crippen LogP contribution in [0.5, 0.6) is 5.75 Å². The highest BCUT2D eigenvalue weighted by Crippen LogP contribution is 2.53. The summed E-state index contributed by atoms with van der Waals surface area (Å²) in [5, 5.41) is 39.0. The maximum Gasteiger partial charge on any atom is 0.317 e. The van der Waals surface area contributed by atoms with Crippen LogP contribution in [0.3, 0.4) is 0 Å². The first-order valence-electron chi connectivity index (χ1n) is 10.8. The van der Waals surface area contributed by atoms with Gasteiger partial charge in [0.25, 0.3) is 5.69 Å². The fraction of sp³-hybridized carbons (Fsp3) is 0.240. The summed E-state index contributed by atoms with van der Waals surface area (Å²) < 4.78 is 0. The number of non-ortho nitro benzene ring substituents is 1. The summed E-state index contributed by atoms with van der Waals surface area (Å²) in [5.74, 6) is -0.849. The van der Waals surface area contributed by atoms with Gasteiger partial charge in [0.05, 0.1) is 22.0 Å². The van der Waals surface area contributed by atoms with Crippen molar-refractivity contribution in [3.63, 3.8) is 0 Å². The second-order valence-corrected chi connectivity index (χ2v) is 9.54. The SMILES string of the molecule is CC1(C)CC(=O)C2=C(C1)c1c(ccc3ccccc13)N[C@H]2c1cc([N+](=O)[O-])cc([N+](=O)[O-])c1O. The molecule has 0 radical (unpaired) electrons. The molecule has 2 N–H and O–H groups in total. The number of nitrogens with one attached hydrogen (secondary N) is 1. The molecule has 3 aromatic rings. The summed E-state index contributed by atoms with van der Waals surface area (Å²) in [4.78, 5) is 34.9.